The molecule has 1 aromatic carbocycles. The number of nitrogens with two attached hydrogens (primary N) is 1. The Bertz CT molecular complexity index is 419. The van der Waals surface area contributed by atoms with Crippen LogP contribution in [0, 0.1) is 5.92 Å². The lowest BCUT2D eigenvalue weighted by atomic mass is 9.96. The third-order valence-corrected chi connectivity index (χ3v) is 3.15. The maximum atomic E-state index is 5.99. The number of allylic oxidation sites excluding steroid dienone is 1. The van der Waals surface area contributed by atoms with Gasteiger partial charge in [0, 0.05) is 11.6 Å². The van der Waals surface area contributed by atoms with Gasteiger partial charge in [-0.3, -0.25) is 0 Å². The van der Waals surface area contributed by atoms with E-state index >= 15 is 0 Å². The summed E-state index contributed by atoms with van der Waals surface area (Å²) in [4.78, 5) is 0. The standard InChI is InChI=1S/C15H21NO/c1-10(2)15-13(11(3)16)5-4-6-14(15)17-9-12-7-8-12/h4-6,11-12H,1,7-9,16H2,2-3H3/t11-/m0/s1. The van der Waals surface area contributed by atoms with Crippen LogP contribution in [0.5, 0.6) is 5.75 Å². The van der Waals surface area contributed by atoms with Crippen molar-refractivity contribution in [1.82, 2.24) is 0 Å². The third-order valence-electron chi connectivity index (χ3n) is 3.15. The molecule has 0 amide bonds. The monoisotopic (exact) mass is 231 g/mol. The number of ether oxygens (including phenoxy) is 1. The van der Waals surface area contributed by atoms with Crippen LogP contribution < -0.4 is 10.5 Å². The van der Waals surface area contributed by atoms with Crippen molar-refractivity contribution < 1.29 is 4.74 Å². The molecule has 2 N–H and O–H groups in total. The molecular weight excluding hydrogens is 210 g/mol. The van der Waals surface area contributed by atoms with Crippen LogP contribution in [0.4, 0.5) is 0 Å². The number of hydrogen-bond donors (Lipinski definition) is 1. The summed E-state index contributed by atoms with van der Waals surface area (Å²) >= 11 is 0. The molecule has 0 aromatic heterocycles. The van der Waals surface area contributed by atoms with Crippen molar-refractivity contribution in [3.8, 4) is 5.75 Å². The highest BCUT2D eigenvalue weighted by molar-refractivity contribution is 5.70. The van der Waals surface area contributed by atoms with Crippen LogP contribution in [0.2, 0.25) is 0 Å². The van der Waals surface area contributed by atoms with E-state index in [-0.39, 0.29) is 6.04 Å². The van der Waals surface area contributed by atoms with Crippen molar-refractivity contribution in [1.29, 1.82) is 0 Å². The van der Waals surface area contributed by atoms with Crippen molar-refractivity contribution in [3.63, 3.8) is 0 Å². The van der Waals surface area contributed by atoms with Gasteiger partial charge in [0.2, 0.25) is 0 Å². The van der Waals surface area contributed by atoms with Crippen molar-refractivity contribution in [2.24, 2.45) is 11.7 Å². The first-order valence-corrected chi connectivity index (χ1v) is 6.26. The minimum Gasteiger partial charge on any atom is -0.493 e. The predicted octanol–water partition coefficient (Wildman–Crippen LogP) is 3.53. The average molecular weight is 231 g/mol. The van der Waals surface area contributed by atoms with E-state index in [1.807, 2.05) is 26.0 Å². The molecule has 1 aliphatic rings. The summed E-state index contributed by atoms with van der Waals surface area (Å²) < 4.78 is 5.90. The summed E-state index contributed by atoms with van der Waals surface area (Å²) in [7, 11) is 0. The molecule has 2 heteroatoms. The smallest absolute Gasteiger partial charge is 0.127 e. The van der Waals surface area contributed by atoms with Gasteiger partial charge in [-0.05, 0) is 49.8 Å². The minimum absolute atomic E-state index is 0.00572. The minimum atomic E-state index is 0.00572. The number of benzene rings is 1. The summed E-state index contributed by atoms with van der Waals surface area (Å²) in [5.74, 6) is 1.69. The Morgan fingerprint density at radius 1 is 1.53 bits per heavy atom. The average Bonchev–Trinajstić information content (AvgIpc) is 3.09. The highest BCUT2D eigenvalue weighted by Gasteiger charge is 2.23. The fourth-order valence-electron chi connectivity index (χ4n) is 2.00. The second-order valence-electron chi connectivity index (χ2n) is 5.04. The molecule has 0 saturated heterocycles. The van der Waals surface area contributed by atoms with Gasteiger partial charge in [0.1, 0.15) is 5.75 Å². The summed E-state index contributed by atoms with van der Waals surface area (Å²) in [6, 6.07) is 6.08. The van der Waals surface area contributed by atoms with Gasteiger partial charge in [0.05, 0.1) is 6.61 Å². The predicted molar refractivity (Wildman–Crippen MR) is 72.0 cm³/mol. The van der Waals surface area contributed by atoms with E-state index in [4.69, 9.17) is 10.5 Å². The Labute approximate surface area is 103 Å². The maximum absolute atomic E-state index is 5.99. The Morgan fingerprint density at radius 3 is 2.76 bits per heavy atom. The first kappa shape index (κ1) is 12.2. The van der Waals surface area contributed by atoms with E-state index in [0.29, 0.717) is 0 Å². The Balaban J connectivity index is 2.28. The van der Waals surface area contributed by atoms with E-state index in [1.165, 1.54) is 12.8 Å². The third kappa shape index (κ3) is 2.89. The lowest BCUT2D eigenvalue weighted by Gasteiger charge is -2.17. The molecule has 17 heavy (non-hydrogen) atoms. The zero-order chi connectivity index (χ0) is 12.4. The Morgan fingerprint density at radius 2 is 2.24 bits per heavy atom. The van der Waals surface area contributed by atoms with Crippen LogP contribution in [-0.2, 0) is 0 Å². The van der Waals surface area contributed by atoms with E-state index in [2.05, 4.69) is 12.6 Å². The Kier molecular flexibility index (Phi) is 3.53. The molecule has 0 bridgehead atoms. The molecule has 0 aliphatic heterocycles. The Hall–Kier alpha value is -1.28. The van der Waals surface area contributed by atoms with Gasteiger partial charge in [0.15, 0.2) is 0 Å². The molecule has 1 saturated carbocycles. The first-order valence-electron chi connectivity index (χ1n) is 6.26. The number of rotatable bonds is 5. The van der Waals surface area contributed by atoms with Crippen LogP contribution in [0.15, 0.2) is 24.8 Å². The molecule has 1 aromatic rings. The van der Waals surface area contributed by atoms with Gasteiger partial charge in [0.25, 0.3) is 0 Å². The summed E-state index contributed by atoms with van der Waals surface area (Å²) in [6.07, 6.45) is 2.60. The van der Waals surface area contributed by atoms with Crippen LogP contribution in [0.3, 0.4) is 0 Å². The largest absolute Gasteiger partial charge is 0.493 e. The van der Waals surface area contributed by atoms with Gasteiger partial charge < -0.3 is 10.5 Å². The van der Waals surface area contributed by atoms with Crippen LogP contribution in [0.25, 0.3) is 5.57 Å². The normalized spacial score (nSPS) is 16.6. The van der Waals surface area contributed by atoms with Crippen molar-refractivity contribution in [2.45, 2.75) is 32.7 Å². The van der Waals surface area contributed by atoms with Gasteiger partial charge in [-0.2, -0.15) is 0 Å². The zero-order valence-electron chi connectivity index (χ0n) is 10.7. The van der Waals surface area contributed by atoms with E-state index in [9.17, 15) is 0 Å². The van der Waals surface area contributed by atoms with Gasteiger partial charge >= 0.3 is 0 Å². The molecule has 2 rings (SSSR count). The SMILES string of the molecule is C=C(C)c1c(OCC2CC2)cccc1[C@H](C)N. The molecule has 0 radical (unpaired) electrons. The summed E-state index contributed by atoms with van der Waals surface area (Å²) in [5, 5.41) is 0. The van der Waals surface area contributed by atoms with Gasteiger partial charge in [-0.1, -0.05) is 18.7 Å². The van der Waals surface area contributed by atoms with E-state index in [0.717, 1.165) is 35.0 Å². The van der Waals surface area contributed by atoms with Crippen molar-refractivity contribution >= 4 is 5.57 Å². The van der Waals surface area contributed by atoms with E-state index in [1.54, 1.807) is 0 Å². The quantitative estimate of drug-likeness (QED) is 0.841. The lowest BCUT2D eigenvalue weighted by Crippen LogP contribution is -2.10. The highest BCUT2D eigenvalue weighted by atomic mass is 16.5. The molecule has 1 aliphatic carbocycles. The molecule has 1 fully saturated rings. The van der Waals surface area contributed by atoms with E-state index < -0.39 is 0 Å². The second-order valence-corrected chi connectivity index (χ2v) is 5.04. The summed E-state index contributed by atoms with van der Waals surface area (Å²) in [6.45, 7) is 8.86. The zero-order valence-corrected chi connectivity index (χ0v) is 10.7. The van der Waals surface area contributed by atoms with Gasteiger partial charge in [-0.15, -0.1) is 0 Å². The van der Waals surface area contributed by atoms with Crippen molar-refractivity contribution in [2.75, 3.05) is 6.61 Å². The first-order chi connectivity index (χ1) is 8.09. The van der Waals surface area contributed by atoms with Crippen LogP contribution in [-0.4, -0.2) is 6.61 Å². The summed E-state index contributed by atoms with van der Waals surface area (Å²) in [5.41, 5.74) is 9.21. The topological polar surface area (TPSA) is 35.2 Å². The maximum Gasteiger partial charge on any atom is 0.127 e. The molecule has 0 unspecified atom stereocenters. The lowest BCUT2D eigenvalue weighted by molar-refractivity contribution is 0.298. The fraction of sp³-hybridized carbons (Fsp3) is 0.467. The molecule has 92 valence electrons. The molecule has 0 heterocycles. The fourth-order valence-corrected chi connectivity index (χ4v) is 2.00. The van der Waals surface area contributed by atoms with Crippen molar-refractivity contribution in [3.05, 3.63) is 35.9 Å². The molecule has 2 nitrogen and oxygen atoms in total. The van der Waals surface area contributed by atoms with Gasteiger partial charge in [-0.25, -0.2) is 0 Å². The molecular formula is C15H21NO. The van der Waals surface area contributed by atoms with Crippen LogP contribution in [0.1, 0.15) is 43.9 Å². The molecule has 1 atom stereocenters. The molecule has 0 spiro atoms. The van der Waals surface area contributed by atoms with Crippen LogP contribution >= 0.6 is 0 Å². The second kappa shape index (κ2) is 4.92. The number of hydrogen-bond acceptors (Lipinski definition) is 2. The highest BCUT2D eigenvalue weighted by Crippen LogP contribution is 2.34.